The first-order chi connectivity index (χ1) is 14.7. The van der Waals surface area contributed by atoms with E-state index in [0.29, 0.717) is 32.9 Å². The number of aromatic nitrogens is 1. The Labute approximate surface area is 192 Å². The third-order valence-corrected chi connectivity index (χ3v) is 7.42. The molecular weight excluding hydrogens is 429 g/mol. The Morgan fingerprint density at radius 2 is 1.81 bits per heavy atom. The van der Waals surface area contributed by atoms with Crippen LogP contribution in [0.2, 0.25) is 10.0 Å². The van der Waals surface area contributed by atoms with E-state index in [9.17, 15) is 9.90 Å². The molecule has 0 bridgehead atoms. The zero-order valence-corrected chi connectivity index (χ0v) is 19.4. The Morgan fingerprint density at radius 1 is 1.13 bits per heavy atom. The second-order valence-corrected chi connectivity index (χ2v) is 9.70. The Bertz CT molecular complexity index is 1190. The summed E-state index contributed by atoms with van der Waals surface area (Å²) in [4.78, 5) is 17.3. The number of carboxylic acids is 1. The first kappa shape index (κ1) is 21.9. The average molecular weight is 454 g/mol. The van der Waals surface area contributed by atoms with Crippen LogP contribution in [-0.2, 0) is 6.42 Å². The molecule has 1 N–H and O–H groups in total. The van der Waals surface area contributed by atoms with Crippen molar-refractivity contribution in [3.8, 4) is 0 Å². The van der Waals surface area contributed by atoms with Gasteiger partial charge < -0.3 is 5.11 Å². The van der Waals surface area contributed by atoms with Crippen molar-refractivity contribution in [2.75, 3.05) is 0 Å². The van der Waals surface area contributed by atoms with E-state index < -0.39 is 5.97 Å². The van der Waals surface area contributed by atoms with Crippen molar-refractivity contribution in [1.82, 2.24) is 4.98 Å². The highest BCUT2D eigenvalue weighted by Crippen LogP contribution is 2.46. The summed E-state index contributed by atoms with van der Waals surface area (Å²) in [5, 5.41) is 12.0. The molecule has 0 amide bonds. The van der Waals surface area contributed by atoms with Crippen molar-refractivity contribution >= 4 is 51.7 Å². The molecule has 0 fully saturated rings. The molecule has 4 rings (SSSR count). The molecule has 0 saturated carbocycles. The molecule has 1 atom stereocenters. The van der Waals surface area contributed by atoms with Gasteiger partial charge in [-0.1, -0.05) is 74.7 Å². The van der Waals surface area contributed by atoms with Crippen LogP contribution in [0.1, 0.15) is 60.8 Å². The van der Waals surface area contributed by atoms with Gasteiger partial charge in [0.25, 0.3) is 0 Å². The molecule has 1 unspecified atom stereocenters. The molecule has 1 heterocycles. The molecule has 0 saturated heterocycles. The summed E-state index contributed by atoms with van der Waals surface area (Å²) >= 11 is 12.9. The number of rotatable bonds is 4. The fraction of sp³-hybridized carbons (Fsp3) is 0.308. The van der Waals surface area contributed by atoms with Crippen molar-refractivity contribution in [2.45, 2.75) is 40.0 Å². The van der Waals surface area contributed by atoms with Gasteiger partial charge in [0.1, 0.15) is 0 Å². The van der Waals surface area contributed by atoms with E-state index in [-0.39, 0.29) is 11.3 Å². The van der Waals surface area contributed by atoms with E-state index in [1.54, 1.807) is 0 Å². The fourth-order valence-electron chi connectivity index (χ4n) is 4.43. The van der Waals surface area contributed by atoms with Gasteiger partial charge in [-0.3, -0.25) is 0 Å². The lowest BCUT2D eigenvalue weighted by Crippen LogP contribution is -2.30. The normalized spacial score (nSPS) is 17.7. The predicted molar refractivity (Wildman–Crippen MR) is 129 cm³/mol. The molecule has 2 aromatic carbocycles. The van der Waals surface area contributed by atoms with Gasteiger partial charge >= 0.3 is 5.97 Å². The highest BCUT2D eigenvalue weighted by atomic mass is 35.5. The van der Waals surface area contributed by atoms with Crippen LogP contribution < -0.4 is 0 Å². The Hall–Kier alpha value is -2.36. The monoisotopic (exact) mass is 453 g/mol. The second kappa shape index (κ2) is 8.29. The maximum absolute atomic E-state index is 12.4. The number of benzene rings is 2. The van der Waals surface area contributed by atoms with Crippen molar-refractivity contribution in [1.29, 1.82) is 0 Å². The largest absolute Gasteiger partial charge is 0.478 e. The molecular formula is C26H25Cl2NO2. The van der Waals surface area contributed by atoms with Crippen molar-refractivity contribution in [3.63, 3.8) is 0 Å². The van der Waals surface area contributed by atoms with Gasteiger partial charge in [0.05, 0.1) is 16.8 Å². The molecule has 3 aromatic rings. The first-order valence-electron chi connectivity index (χ1n) is 10.5. The lowest BCUT2D eigenvalue weighted by atomic mass is 9.67. The molecule has 3 nitrogen and oxygen atoms in total. The number of aromatic carboxylic acids is 1. The van der Waals surface area contributed by atoms with Gasteiger partial charge in [-0.25, -0.2) is 9.78 Å². The summed E-state index contributed by atoms with van der Waals surface area (Å²) < 4.78 is 0. The van der Waals surface area contributed by atoms with Crippen LogP contribution in [-0.4, -0.2) is 16.1 Å². The minimum atomic E-state index is -0.917. The number of hydrogen-bond donors (Lipinski definition) is 1. The third-order valence-electron chi connectivity index (χ3n) is 6.76. The van der Waals surface area contributed by atoms with E-state index in [1.165, 1.54) is 0 Å². The quantitative estimate of drug-likeness (QED) is 0.438. The number of carboxylic acid groups (broad SMARTS) is 1. The number of para-hydroxylation sites is 1. The molecule has 31 heavy (non-hydrogen) atoms. The Morgan fingerprint density at radius 3 is 2.45 bits per heavy atom. The average Bonchev–Trinajstić information content (AvgIpc) is 2.74. The van der Waals surface area contributed by atoms with Gasteiger partial charge in [-0.2, -0.15) is 0 Å². The highest BCUT2D eigenvalue weighted by Gasteiger charge is 2.36. The van der Waals surface area contributed by atoms with Crippen LogP contribution in [0.15, 0.2) is 42.5 Å². The van der Waals surface area contributed by atoms with E-state index in [0.717, 1.165) is 35.2 Å². The molecule has 0 radical (unpaired) electrons. The summed E-state index contributed by atoms with van der Waals surface area (Å²) in [7, 11) is 0. The van der Waals surface area contributed by atoms with Gasteiger partial charge in [0.2, 0.25) is 0 Å². The van der Waals surface area contributed by atoms with Crippen LogP contribution in [0, 0.1) is 11.3 Å². The lowest BCUT2D eigenvalue weighted by Gasteiger charge is -2.38. The number of allylic oxidation sites excluding steroid dienone is 1. The maximum Gasteiger partial charge on any atom is 0.336 e. The molecule has 1 aliphatic carbocycles. The maximum atomic E-state index is 12.4. The van der Waals surface area contributed by atoms with Crippen molar-refractivity contribution < 1.29 is 9.90 Å². The minimum Gasteiger partial charge on any atom is -0.478 e. The van der Waals surface area contributed by atoms with E-state index >= 15 is 0 Å². The summed E-state index contributed by atoms with van der Waals surface area (Å²) in [5.74, 6) is -0.640. The second-order valence-electron chi connectivity index (χ2n) is 8.89. The standard InChI is InChI=1S/C26H25Cl2NO2/c1-4-26(2,3)16-12-15(13-18-20(27)9-7-10-21(18)28)24-19(14-16)23(25(30)31)17-8-5-6-11-22(17)29-24/h5-11,13,16H,4,12,14H2,1-3H3,(H,30,31)/b15-13+. The third kappa shape index (κ3) is 3.97. The first-order valence-corrected chi connectivity index (χ1v) is 11.3. The number of pyridine rings is 1. The summed E-state index contributed by atoms with van der Waals surface area (Å²) in [6.45, 7) is 6.68. The van der Waals surface area contributed by atoms with Crippen molar-refractivity contribution in [3.05, 3.63) is 74.9 Å². The Balaban J connectivity index is 2.03. The van der Waals surface area contributed by atoms with E-state index in [2.05, 4.69) is 20.8 Å². The number of carbonyl (C=O) groups is 1. The molecule has 1 aromatic heterocycles. The van der Waals surface area contributed by atoms with E-state index in [1.807, 2.05) is 48.5 Å². The summed E-state index contributed by atoms with van der Waals surface area (Å²) in [6.07, 6.45) is 4.47. The summed E-state index contributed by atoms with van der Waals surface area (Å²) in [5.41, 5.74) is 4.36. The van der Waals surface area contributed by atoms with Gasteiger partial charge in [-0.15, -0.1) is 0 Å². The highest BCUT2D eigenvalue weighted by molar-refractivity contribution is 6.37. The van der Waals surface area contributed by atoms with Crippen LogP contribution in [0.5, 0.6) is 0 Å². The molecule has 1 aliphatic rings. The number of hydrogen-bond acceptors (Lipinski definition) is 2. The van der Waals surface area contributed by atoms with E-state index in [4.69, 9.17) is 28.2 Å². The molecule has 160 valence electrons. The predicted octanol–water partition coefficient (Wildman–Crippen LogP) is 7.78. The number of fused-ring (bicyclic) bond motifs is 2. The van der Waals surface area contributed by atoms with Gasteiger partial charge in [0.15, 0.2) is 0 Å². The smallest absolute Gasteiger partial charge is 0.336 e. The zero-order chi connectivity index (χ0) is 22.3. The molecule has 5 heteroatoms. The minimum absolute atomic E-state index is 0.0441. The SMILES string of the molecule is CCC(C)(C)C1C/C(=C\c2c(Cl)cccc2Cl)c2nc3ccccc3c(C(=O)O)c2C1. The molecule has 0 spiro atoms. The van der Waals surface area contributed by atoms with Crippen LogP contribution in [0.4, 0.5) is 0 Å². The number of halogens is 2. The van der Waals surface area contributed by atoms with Gasteiger partial charge in [0, 0.05) is 21.0 Å². The van der Waals surface area contributed by atoms with Crippen LogP contribution in [0.25, 0.3) is 22.6 Å². The van der Waals surface area contributed by atoms with Crippen LogP contribution in [0.3, 0.4) is 0 Å². The van der Waals surface area contributed by atoms with Crippen molar-refractivity contribution in [2.24, 2.45) is 11.3 Å². The fourth-order valence-corrected chi connectivity index (χ4v) is 4.94. The number of nitrogens with zero attached hydrogens (tertiary/aromatic N) is 1. The lowest BCUT2D eigenvalue weighted by molar-refractivity contribution is 0.0696. The van der Waals surface area contributed by atoms with Crippen LogP contribution >= 0.6 is 23.2 Å². The summed E-state index contributed by atoms with van der Waals surface area (Å²) in [6, 6.07) is 12.9. The zero-order valence-electron chi connectivity index (χ0n) is 17.9. The topological polar surface area (TPSA) is 50.2 Å². The van der Waals surface area contributed by atoms with Gasteiger partial charge in [-0.05, 0) is 59.6 Å². The Kier molecular flexibility index (Phi) is 5.85. The molecule has 0 aliphatic heterocycles.